The number of rotatable bonds is 1. The first-order chi connectivity index (χ1) is 8.65. The second kappa shape index (κ2) is 3.90. The number of carbonyl (C=O) groups excluding carboxylic acids is 1. The van der Waals surface area contributed by atoms with Crippen molar-refractivity contribution in [2.75, 3.05) is 5.32 Å². The molecule has 1 N–H and O–H groups in total. The molecule has 0 spiro atoms. The van der Waals surface area contributed by atoms with Crippen molar-refractivity contribution in [3.05, 3.63) is 28.3 Å². The van der Waals surface area contributed by atoms with Crippen LogP contribution in [0.5, 0.6) is 0 Å². The minimum absolute atomic E-state index is 0.0104. The van der Waals surface area contributed by atoms with E-state index >= 15 is 0 Å². The highest BCUT2D eigenvalue weighted by Gasteiger charge is 2.32. The maximum Gasteiger partial charge on any atom is 0.271 e. The predicted octanol–water partition coefficient (Wildman–Crippen LogP) is 2.42. The Balaban J connectivity index is 2.11. The van der Waals surface area contributed by atoms with E-state index in [2.05, 4.69) is 10.3 Å². The number of nitrogens with zero attached hydrogens (tertiary/aromatic N) is 2. The molecule has 6 nitrogen and oxygen atoms in total. The molecule has 18 heavy (non-hydrogen) atoms. The molecule has 0 aromatic heterocycles. The molecule has 0 saturated heterocycles. The first-order valence-electron chi connectivity index (χ1n) is 5.82. The monoisotopic (exact) mass is 245 g/mol. The summed E-state index contributed by atoms with van der Waals surface area (Å²) in [5.41, 5.74) is 1.86. The molecule has 2 aliphatic rings. The van der Waals surface area contributed by atoms with Gasteiger partial charge in [-0.1, -0.05) is 0 Å². The van der Waals surface area contributed by atoms with Gasteiger partial charge in [0.25, 0.3) is 5.69 Å². The van der Waals surface area contributed by atoms with Crippen molar-refractivity contribution >= 4 is 28.7 Å². The van der Waals surface area contributed by atoms with Gasteiger partial charge in [0.05, 0.1) is 22.2 Å². The van der Waals surface area contributed by atoms with Crippen molar-refractivity contribution in [3.63, 3.8) is 0 Å². The quantitative estimate of drug-likeness (QED) is 0.609. The normalized spacial score (nSPS) is 21.4. The predicted molar refractivity (Wildman–Crippen MR) is 66.2 cm³/mol. The molecular formula is C12H11N3O3. The van der Waals surface area contributed by atoms with Gasteiger partial charge >= 0.3 is 0 Å². The Bertz CT molecular complexity index is 580. The summed E-state index contributed by atoms with van der Waals surface area (Å²) in [6.07, 6.45) is 2.54. The second-order valence-electron chi connectivity index (χ2n) is 4.50. The number of nitro benzene ring substituents is 1. The molecule has 1 unspecified atom stereocenters. The van der Waals surface area contributed by atoms with Gasteiger partial charge in [-0.25, -0.2) is 0 Å². The van der Waals surface area contributed by atoms with Gasteiger partial charge in [-0.2, -0.15) is 0 Å². The van der Waals surface area contributed by atoms with Crippen LogP contribution in [0.1, 0.15) is 19.3 Å². The van der Waals surface area contributed by atoms with Crippen molar-refractivity contribution in [1.29, 1.82) is 0 Å². The molecule has 1 saturated carbocycles. The number of nitro groups is 1. The third kappa shape index (κ3) is 1.66. The standard InChI is InChI=1S/C12H11N3O3/c16-12-8-2-1-3-9(8)13-11-6-7(15(17)18)4-5-10(11)14-12/h4-6,8H,1-3H2,(H,14,16). The van der Waals surface area contributed by atoms with Crippen molar-refractivity contribution in [3.8, 4) is 0 Å². The molecule has 1 aromatic rings. The minimum atomic E-state index is -0.459. The Hall–Kier alpha value is -2.24. The van der Waals surface area contributed by atoms with Gasteiger partial charge in [-0.15, -0.1) is 0 Å². The summed E-state index contributed by atoms with van der Waals surface area (Å²) in [5.74, 6) is -0.227. The van der Waals surface area contributed by atoms with Gasteiger partial charge in [-0.3, -0.25) is 19.9 Å². The molecule has 1 aromatic carbocycles. The van der Waals surface area contributed by atoms with Crippen LogP contribution in [0.4, 0.5) is 17.1 Å². The van der Waals surface area contributed by atoms with E-state index in [0.29, 0.717) is 11.4 Å². The molecule has 0 bridgehead atoms. The summed E-state index contributed by atoms with van der Waals surface area (Å²) in [5, 5.41) is 13.5. The fourth-order valence-electron chi connectivity index (χ4n) is 2.45. The molecule has 3 rings (SSSR count). The van der Waals surface area contributed by atoms with E-state index in [1.807, 2.05) is 0 Å². The van der Waals surface area contributed by atoms with E-state index in [1.165, 1.54) is 18.2 Å². The number of non-ortho nitro benzene ring substituents is 1. The summed E-state index contributed by atoms with van der Waals surface area (Å²) in [6.45, 7) is 0. The number of carbonyl (C=O) groups is 1. The summed E-state index contributed by atoms with van der Waals surface area (Å²) in [7, 11) is 0. The van der Waals surface area contributed by atoms with Crippen LogP contribution in [-0.4, -0.2) is 16.5 Å². The summed E-state index contributed by atoms with van der Waals surface area (Å²) in [4.78, 5) is 26.7. The molecule has 92 valence electrons. The SMILES string of the molecule is O=C1Nc2ccc([N+](=O)[O-])cc2N=C2CCCC12. The zero-order valence-corrected chi connectivity index (χ0v) is 9.55. The van der Waals surface area contributed by atoms with Crippen molar-refractivity contribution in [1.82, 2.24) is 0 Å². The first-order valence-corrected chi connectivity index (χ1v) is 5.82. The lowest BCUT2D eigenvalue weighted by atomic mass is 10.1. The van der Waals surface area contributed by atoms with E-state index in [-0.39, 0.29) is 17.5 Å². The maximum absolute atomic E-state index is 12.0. The number of benzene rings is 1. The molecule has 1 amide bonds. The van der Waals surface area contributed by atoms with Crippen LogP contribution in [0.25, 0.3) is 0 Å². The second-order valence-corrected chi connectivity index (χ2v) is 4.50. The Morgan fingerprint density at radius 1 is 1.44 bits per heavy atom. The average molecular weight is 245 g/mol. The van der Waals surface area contributed by atoms with Gasteiger partial charge in [0.2, 0.25) is 5.91 Å². The number of anilines is 1. The van der Waals surface area contributed by atoms with E-state index in [1.54, 1.807) is 0 Å². The Morgan fingerprint density at radius 2 is 2.28 bits per heavy atom. The molecule has 1 aliphatic carbocycles. The molecule has 1 fully saturated rings. The Labute approximate surface area is 103 Å². The molecule has 1 atom stereocenters. The van der Waals surface area contributed by atoms with Gasteiger partial charge in [-0.05, 0) is 25.3 Å². The lowest BCUT2D eigenvalue weighted by molar-refractivity contribution is -0.384. The van der Waals surface area contributed by atoms with E-state index in [9.17, 15) is 14.9 Å². The highest BCUT2D eigenvalue weighted by molar-refractivity contribution is 6.14. The van der Waals surface area contributed by atoms with E-state index < -0.39 is 4.92 Å². The van der Waals surface area contributed by atoms with Gasteiger partial charge in [0.1, 0.15) is 0 Å². The number of amides is 1. The molecule has 6 heteroatoms. The van der Waals surface area contributed by atoms with E-state index in [4.69, 9.17) is 0 Å². The highest BCUT2D eigenvalue weighted by atomic mass is 16.6. The van der Waals surface area contributed by atoms with Crippen molar-refractivity contribution < 1.29 is 9.72 Å². The Morgan fingerprint density at radius 3 is 3.06 bits per heavy atom. The van der Waals surface area contributed by atoms with Crippen LogP contribution >= 0.6 is 0 Å². The number of hydrogen-bond acceptors (Lipinski definition) is 4. The maximum atomic E-state index is 12.0. The van der Waals surface area contributed by atoms with Crippen LogP contribution in [0, 0.1) is 16.0 Å². The summed E-state index contributed by atoms with van der Waals surface area (Å²) >= 11 is 0. The minimum Gasteiger partial charge on any atom is -0.324 e. The molecule has 0 radical (unpaired) electrons. The molecule has 1 aliphatic heterocycles. The molecule has 1 heterocycles. The summed E-state index contributed by atoms with van der Waals surface area (Å²) in [6, 6.07) is 4.32. The average Bonchev–Trinajstić information content (AvgIpc) is 2.74. The topological polar surface area (TPSA) is 84.6 Å². The fourth-order valence-corrected chi connectivity index (χ4v) is 2.45. The highest BCUT2D eigenvalue weighted by Crippen LogP contribution is 2.36. The van der Waals surface area contributed by atoms with Gasteiger partial charge in [0, 0.05) is 17.8 Å². The van der Waals surface area contributed by atoms with Crippen LogP contribution in [0.15, 0.2) is 23.2 Å². The fraction of sp³-hybridized carbons (Fsp3) is 0.333. The number of aliphatic imine (C=N–C) groups is 1. The third-order valence-electron chi connectivity index (χ3n) is 3.36. The van der Waals surface area contributed by atoms with E-state index in [0.717, 1.165) is 25.0 Å². The van der Waals surface area contributed by atoms with Crippen molar-refractivity contribution in [2.24, 2.45) is 10.9 Å². The van der Waals surface area contributed by atoms with Gasteiger partial charge in [0.15, 0.2) is 0 Å². The van der Waals surface area contributed by atoms with Crippen LogP contribution in [-0.2, 0) is 4.79 Å². The van der Waals surface area contributed by atoms with Crippen LogP contribution in [0.2, 0.25) is 0 Å². The first kappa shape index (κ1) is 10.9. The lowest BCUT2D eigenvalue weighted by Crippen LogP contribution is -2.24. The largest absolute Gasteiger partial charge is 0.324 e. The zero-order valence-electron chi connectivity index (χ0n) is 9.55. The Kier molecular flexibility index (Phi) is 2.36. The molecular weight excluding hydrogens is 234 g/mol. The summed E-state index contributed by atoms with van der Waals surface area (Å²) < 4.78 is 0. The number of fused-ring (bicyclic) bond motifs is 2. The zero-order chi connectivity index (χ0) is 12.7. The van der Waals surface area contributed by atoms with Gasteiger partial charge < -0.3 is 5.32 Å². The smallest absolute Gasteiger partial charge is 0.271 e. The number of hydrogen-bond donors (Lipinski definition) is 1. The lowest BCUT2D eigenvalue weighted by Gasteiger charge is -2.07. The number of nitrogens with one attached hydrogen (secondary N) is 1. The van der Waals surface area contributed by atoms with Crippen LogP contribution in [0.3, 0.4) is 0 Å². The van der Waals surface area contributed by atoms with Crippen LogP contribution < -0.4 is 5.32 Å². The third-order valence-corrected chi connectivity index (χ3v) is 3.36. The van der Waals surface area contributed by atoms with Crippen molar-refractivity contribution in [2.45, 2.75) is 19.3 Å².